The first-order valence-corrected chi connectivity index (χ1v) is 12.0. The first-order chi connectivity index (χ1) is 14.2. The van der Waals surface area contributed by atoms with Gasteiger partial charge < -0.3 is 19.3 Å². The molecule has 0 unspecified atom stereocenters. The largest absolute Gasteiger partial charge is 0.394 e. The zero-order chi connectivity index (χ0) is 21.5. The molecule has 0 aromatic heterocycles. The molecule has 6 nitrogen and oxygen atoms in total. The van der Waals surface area contributed by atoms with E-state index in [2.05, 4.69) is 26.3 Å². The highest BCUT2D eigenvalue weighted by Crippen LogP contribution is 2.27. The summed E-state index contributed by atoms with van der Waals surface area (Å²) in [6, 6.07) is 0. The number of hydrogen-bond acceptors (Lipinski definition) is 6. The normalized spacial score (nSPS) is 12.0. The number of aliphatic hydroxyl groups is 1. The van der Waals surface area contributed by atoms with Crippen LogP contribution in [-0.4, -0.2) is 63.5 Å². The smallest absolute Gasteiger partial charge is 0.0916 e. The number of hydroxylamine groups is 1. The van der Waals surface area contributed by atoms with Crippen LogP contribution in [0.2, 0.25) is 0 Å². The van der Waals surface area contributed by atoms with E-state index in [0.29, 0.717) is 39.6 Å². The Morgan fingerprint density at radius 2 is 1.03 bits per heavy atom. The minimum absolute atomic E-state index is 0.0876. The van der Waals surface area contributed by atoms with Crippen molar-refractivity contribution < 1.29 is 24.2 Å². The van der Waals surface area contributed by atoms with E-state index in [1.165, 1.54) is 57.8 Å². The average Bonchev–Trinajstić information content (AvgIpc) is 2.74. The van der Waals surface area contributed by atoms with Crippen LogP contribution in [0.3, 0.4) is 0 Å². The Morgan fingerprint density at radius 1 is 0.586 bits per heavy atom. The molecule has 0 aromatic rings. The zero-order valence-electron chi connectivity index (χ0n) is 19.5. The highest BCUT2D eigenvalue weighted by atomic mass is 16.7. The van der Waals surface area contributed by atoms with Gasteiger partial charge >= 0.3 is 0 Å². The molecule has 0 rings (SSSR count). The van der Waals surface area contributed by atoms with E-state index in [1.807, 2.05) is 0 Å². The van der Waals surface area contributed by atoms with Gasteiger partial charge in [-0.2, -0.15) is 5.48 Å². The Balaban J connectivity index is 3.79. The second-order valence-electron chi connectivity index (χ2n) is 7.81. The van der Waals surface area contributed by atoms with Crippen LogP contribution in [0.5, 0.6) is 0 Å². The number of aliphatic hydroxyl groups excluding tert-OH is 1. The molecular weight excluding hydrogens is 370 g/mol. The Bertz CT molecular complexity index is 296. The Kier molecular flexibility index (Phi) is 22.3. The Morgan fingerprint density at radius 3 is 1.52 bits per heavy atom. The van der Waals surface area contributed by atoms with Crippen molar-refractivity contribution in [2.24, 2.45) is 0 Å². The second-order valence-corrected chi connectivity index (χ2v) is 7.81. The van der Waals surface area contributed by atoms with Gasteiger partial charge in [-0.3, -0.25) is 4.84 Å². The Hall–Kier alpha value is -0.240. The highest BCUT2D eigenvalue weighted by molar-refractivity contribution is 4.85. The van der Waals surface area contributed by atoms with Gasteiger partial charge in [-0.25, -0.2) is 0 Å². The molecule has 0 spiro atoms. The predicted octanol–water partition coefficient (Wildman–Crippen LogP) is 4.64. The van der Waals surface area contributed by atoms with Gasteiger partial charge in [-0.15, -0.1) is 0 Å². The predicted molar refractivity (Wildman–Crippen MR) is 119 cm³/mol. The lowest BCUT2D eigenvalue weighted by Crippen LogP contribution is -2.45. The quantitative estimate of drug-likeness (QED) is 0.175. The first-order valence-electron chi connectivity index (χ1n) is 12.0. The maximum atomic E-state index is 8.61. The van der Waals surface area contributed by atoms with Gasteiger partial charge in [0.1, 0.15) is 0 Å². The van der Waals surface area contributed by atoms with Crippen molar-refractivity contribution >= 4 is 0 Å². The number of unbranched alkanes of at least 4 members (excludes halogenated alkanes) is 4. The summed E-state index contributed by atoms with van der Waals surface area (Å²) in [7, 11) is 0. The van der Waals surface area contributed by atoms with Crippen molar-refractivity contribution in [1.82, 2.24) is 5.48 Å². The maximum Gasteiger partial charge on any atom is 0.0916 e. The van der Waals surface area contributed by atoms with Gasteiger partial charge in [-0.05, 0) is 32.1 Å². The fraction of sp³-hybridized carbons (Fsp3) is 1.00. The SMILES string of the molecule is CCCCC(CCCC)(CCCC)NOCCOCCOCCCCOCCO. The van der Waals surface area contributed by atoms with Crippen LogP contribution in [0, 0.1) is 0 Å². The molecule has 0 atom stereocenters. The molecule has 0 aliphatic carbocycles. The van der Waals surface area contributed by atoms with Crippen molar-refractivity contribution in [2.45, 2.75) is 96.9 Å². The topological polar surface area (TPSA) is 69.2 Å². The van der Waals surface area contributed by atoms with Crippen LogP contribution in [0.1, 0.15) is 91.4 Å². The van der Waals surface area contributed by atoms with E-state index in [1.54, 1.807) is 0 Å². The number of nitrogens with one attached hydrogen (secondary N) is 1. The molecule has 2 N–H and O–H groups in total. The van der Waals surface area contributed by atoms with E-state index in [9.17, 15) is 0 Å². The van der Waals surface area contributed by atoms with Crippen LogP contribution in [0.15, 0.2) is 0 Å². The molecule has 0 heterocycles. The summed E-state index contributed by atoms with van der Waals surface area (Å²) in [5, 5.41) is 8.61. The minimum Gasteiger partial charge on any atom is -0.394 e. The summed E-state index contributed by atoms with van der Waals surface area (Å²) >= 11 is 0. The maximum absolute atomic E-state index is 8.61. The van der Waals surface area contributed by atoms with Gasteiger partial charge in [0, 0.05) is 18.8 Å². The van der Waals surface area contributed by atoms with Crippen LogP contribution in [0.25, 0.3) is 0 Å². The molecule has 0 amide bonds. The third kappa shape index (κ3) is 18.3. The van der Waals surface area contributed by atoms with Crippen LogP contribution in [0.4, 0.5) is 0 Å². The summed E-state index contributed by atoms with van der Waals surface area (Å²) in [5.74, 6) is 0. The van der Waals surface area contributed by atoms with Crippen LogP contribution < -0.4 is 5.48 Å². The van der Waals surface area contributed by atoms with E-state index in [0.717, 1.165) is 19.4 Å². The summed E-state index contributed by atoms with van der Waals surface area (Å²) in [6.07, 6.45) is 12.9. The molecule has 0 radical (unpaired) electrons. The lowest BCUT2D eigenvalue weighted by Gasteiger charge is -2.35. The van der Waals surface area contributed by atoms with Gasteiger partial charge in [0.25, 0.3) is 0 Å². The molecule has 0 aliphatic heterocycles. The minimum atomic E-state index is 0.0876. The van der Waals surface area contributed by atoms with Crippen molar-refractivity contribution in [1.29, 1.82) is 0 Å². The van der Waals surface area contributed by atoms with Crippen LogP contribution in [-0.2, 0) is 19.0 Å². The van der Waals surface area contributed by atoms with Crippen LogP contribution >= 0.6 is 0 Å². The van der Waals surface area contributed by atoms with Gasteiger partial charge in [0.05, 0.1) is 39.6 Å². The lowest BCUT2D eigenvalue weighted by atomic mass is 9.83. The molecular formula is C23H49NO5. The zero-order valence-corrected chi connectivity index (χ0v) is 19.5. The molecule has 6 heteroatoms. The van der Waals surface area contributed by atoms with Crippen molar-refractivity contribution in [3.8, 4) is 0 Å². The number of ether oxygens (including phenoxy) is 3. The summed E-state index contributed by atoms with van der Waals surface area (Å²) in [4.78, 5) is 5.83. The number of hydrogen-bond donors (Lipinski definition) is 2. The van der Waals surface area contributed by atoms with Crippen molar-refractivity contribution in [3.05, 3.63) is 0 Å². The van der Waals surface area contributed by atoms with Gasteiger partial charge in [-0.1, -0.05) is 59.3 Å². The summed E-state index contributed by atoms with van der Waals surface area (Å²) in [5.41, 5.74) is 3.56. The Labute approximate surface area is 180 Å². The lowest BCUT2D eigenvalue weighted by molar-refractivity contribution is -0.0630. The van der Waals surface area contributed by atoms with E-state index in [4.69, 9.17) is 24.2 Å². The third-order valence-electron chi connectivity index (χ3n) is 5.08. The summed E-state index contributed by atoms with van der Waals surface area (Å²) < 4.78 is 16.4. The molecule has 29 heavy (non-hydrogen) atoms. The fourth-order valence-electron chi connectivity index (χ4n) is 3.28. The molecule has 0 bridgehead atoms. The van der Waals surface area contributed by atoms with Gasteiger partial charge in [0.2, 0.25) is 0 Å². The highest BCUT2D eigenvalue weighted by Gasteiger charge is 2.28. The molecule has 0 saturated carbocycles. The van der Waals surface area contributed by atoms with E-state index < -0.39 is 0 Å². The molecule has 0 fully saturated rings. The fourth-order valence-corrected chi connectivity index (χ4v) is 3.28. The van der Waals surface area contributed by atoms with Gasteiger partial charge in [0.15, 0.2) is 0 Å². The molecule has 0 aromatic carbocycles. The van der Waals surface area contributed by atoms with Crippen molar-refractivity contribution in [2.75, 3.05) is 52.9 Å². The molecule has 176 valence electrons. The van der Waals surface area contributed by atoms with E-state index >= 15 is 0 Å². The second kappa shape index (κ2) is 22.4. The molecule has 0 saturated heterocycles. The first kappa shape index (κ1) is 28.8. The number of rotatable bonds is 24. The third-order valence-corrected chi connectivity index (χ3v) is 5.08. The van der Waals surface area contributed by atoms with Crippen molar-refractivity contribution in [3.63, 3.8) is 0 Å². The summed E-state index contributed by atoms with van der Waals surface area (Å²) in [6.45, 7) is 11.0. The monoisotopic (exact) mass is 419 g/mol. The van der Waals surface area contributed by atoms with E-state index in [-0.39, 0.29) is 12.1 Å². The molecule has 0 aliphatic rings. The average molecular weight is 420 g/mol. The standard InChI is InChI=1S/C23H49NO5/c1-4-7-12-23(13-8-5-2,14-9-6-3)24-29-22-21-28-20-19-27-17-11-10-16-26-18-15-25/h24-25H,4-22H2,1-3H3.